The van der Waals surface area contributed by atoms with Gasteiger partial charge in [0, 0.05) is 6.54 Å². The quantitative estimate of drug-likeness (QED) is 0.797. The molecule has 0 fully saturated rings. The van der Waals surface area contributed by atoms with Gasteiger partial charge in [-0.25, -0.2) is 4.68 Å². The molecular formula is C16H17N5O. The third kappa shape index (κ3) is 2.81. The zero-order chi connectivity index (χ0) is 15.5. The van der Waals surface area contributed by atoms with Crippen LogP contribution in [0.2, 0.25) is 0 Å². The van der Waals surface area contributed by atoms with E-state index in [4.69, 9.17) is 0 Å². The Morgan fingerprint density at radius 1 is 1.23 bits per heavy atom. The SMILES string of the molecule is Cc1ccc2c(C(=O)NCCn3cnnn3)c(C)ccc2c1. The number of rotatable bonds is 4. The second-order valence-electron chi connectivity index (χ2n) is 5.31. The molecule has 0 saturated carbocycles. The van der Waals surface area contributed by atoms with Gasteiger partial charge in [0.2, 0.25) is 0 Å². The van der Waals surface area contributed by atoms with Gasteiger partial charge in [-0.15, -0.1) is 5.10 Å². The van der Waals surface area contributed by atoms with Crippen molar-refractivity contribution in [3.8, 4) is 0 Å². The summed E-state index contributed by atoms with van der Waals surface area (Å²) in [5, 5.41) is 15.9. The van der Waals surface area contributed by atoms with E-state index in [1.807, 2.05) is 32.0 Å². The molecule has 1 N–H and O–H groups in total. The predicted molar refractivity (Wildman–Crippen MR) is 83.6 cm³/mol. The molecule has 0 radical (unpaired) electrons. The lowest BCUT2D eigenvalue weighted by Crippen LogP contribution is -2.28. The summed E-state index contributed by atoms with van der Waals surface area (Å²) in [4.78, 5) is 12.5. The minimum absolute atomic E-state index is 0.0694. The summed E-state index contributed by atoms with van der Waals surface area (Å²) < 4.78 is 1.58. The van der Waals surface area contributed by atoms with Gasteiger partial charge in [0.1, 0.15) is 6.33 Å². The summed E-state index contributed by atoms with van der Waals surface area (Å²) in [5.41, 5.74) is 2.88. The van der Waals surface area contributed by atoms with Gasteiger partial charge < -0.3 is 5.32 Å². The average molecular weight is 295 g/mol. The topological polar surface area (TPSA) is 72.7 Å². The lowest BCUT2D eigenvalue weighted by Gasteiger charge is -2.11. The summed E-state index contributed by atoms with van der Waals surface area (Å²) in [5.74, 6) is -0.0694. The van der Waals surface area contributed by atoms with Crippen LogP contribution in [0.5, 0.6) is 0 Å². The molecule has 0 aliphatic rings. The second kappa shape index (κ2) is 5.93. The number of amides is 1. The molecule has 0 unspecified atom stereocenters. The zero-order valence-electron chi connectivity index (χ0n) is 12.6. The normalized spacial score (nSPS) is 10.8. The Balaban J connectivity index is 1.82. The van der Waals surface area contributed by atoms with Crippen molar-refractivity contribution < 1.29 is 4.79 Å². The molecule has 1 heterocycles. The number of nitrogens with one attached hydrogen (secondary N) is 1. The monoisotopic (exact) mass is 295 g/mol. The maximum atomic E-state index is 12.5. The molecule has 0 spiro atoms. The third-order valence-corrected chi connectivity index (χ3v) is 3.63. The van der Waals surface area contributed by atoms with Crippen molar-refractivity contribution in [2.75, 3.05) is 6.54 Å². The van der Waals surface area contributed by atoms with E-state index in [2.05, 4.69) is 33.0 Å². The number of hydrogen-bond donors (Lipinski definition) is 1. The summed E-state index contributed by atoms with van der Waals surface area (Å²) in [7, 11) is 0. The van der Waals surface area contributed by atoms with E-state index in [9.17, 15) is 4.79 Å². The molecule has 22 heavy (non-hydrogen) atoms. The molecule has 0 saturated heterocycles. The maximum absolute atomic E-state index is 12.5. The van der Waals surface area contributed by atoms with Crippen LogP contribution in [0.15, 0.2) is 36.7 Å². The fraction of sp³-hybridized carbons (Fsp3) is 0.250. The van der Waals surface area contributed by atoms with Crippen LogP contribution < -0.4 is 5.32 Å². The molecule has 2 aromatic carbocycles. The molecule has 0 bridgehead atoms. The van der Waals surface area contributed by atoms with Crippen molar-refractivity contribution in [2.24, 2.45) is 0 Å². The van der Waals surface area contributed by atoms with Crippen molar-refractivity contribution in [1.29, 1.82) is 0 Å². The van der Waals surface area contributed by atoms with Crippen LogP contribution in [0.4, 0.5) is 0 Å². The highest BCUT2D eigenvalue weighted by molar-refractivity contribution is 6.08. The maximum Gasteiger partial charge on any atom is 0.252 e. The lowest BCUT2D eigenvalue weighted by atomic mass is 9.98. The number of aromatic nitrogens is 4. The van der Waals surface area contributed by atoms with E-state index in [1.165, 1.54) is 11.9 Å². The number of aryl methyl sites for hydroxylation is 2. The van der Waals surface area contributed by atoms with Crippen molar-refractivity contribution in [3.05, 3.63) is 53.3 Å². The minimum Gasteiger partial charge on any atom is -0.350 e. The molecule has 112 valence electrons. The molecular weight excluding hydrogens is 278 g/mol. The highest BCUT2D eigenvalue weighted by atomic mass is 16.1. The van der Waals surface area contributed by atoms with Gasteiger partial charge in [0.15, 0.2) is 0 Å². The Morgan fingerprint density at radius 2 is 2.09 bits per heavy atom. The molecule has 3 rings (SSSR count). The highest BCUT2D eigenvalue weighted by Gasteiger charge is 2.13. The molecule has 1 aromatic heterocycles. The van der Waals surface area contributed by atoms with Crippen LogP contribution in [-0.4, -0.2) is 32.7 Å². The van der Waals surface area contributed by atoms with Crippen LogP contribution >= 0.6 is 0 Å². The highest BCUT2D eigenvalue weighted by Crippen LogP contribution is 2.23. The molecule has 1 amide bonds. The van der Waals surface area contributed by atoms with Crippen LogP contribution in [0.25, 0.3) is 10.8 Å². The van der Waals surface area contributed by atoms with E-state index in [0.717, 1.165) is 21.9 Å². The number of carbonyl (C=O) groups is 1. The van der Waals surface area contributed by atoms with Gasteiger partial charge in [-0.2, -0.15) is 0 Å². The Bertz CT molecular complexity index is 811. The van der Waals surface area contributed by atoms with Gasteiger partial charge in [-0.3, -0.25) is 4.79 Å². The fourth-order valence-electron chi connectivity index (χ4n) is 2.51. The van der Waals surface area contributed by atoms with Crippen molar-refractivity contribution in [2.45, 2.75) is 20.4 Å². The first-order chi connectivity index (χ1) is 10.6. The Hall–Kier alpha value is -2.76. The minimum atomic E-state index is -0.0694. The van der Waals surface area contributed by atoms with Gasteiger partial charge in [-0.1, -0.05) is 35.9 Å². The van der Waals surface area contributed by atoms with Crippen molar-refractivity contribution in [3.63, 3.8) is 0 Å². The van der Waals surface area contributed by atoms with Gasteiger partial charge >= 0.3 is 0 Å². The van der Waals surface area contributed by atoms with Gasteiger partial charge in [-0.05, 0) is 40.6 Å². The van der Waals surface area contributed by atoms with E-state index < -0.39 is 0 Å². The van der Waals surface area contributed by atoms with E-state index in [1.54, 1.807) is 4.68 Å². The Labute approximate surface area is 128 Å². The van der Waals surface area contributed by atoms with E-state index >= 15 is 0 Å². The van der Waals surface area contributed by atoms with E-state index in [-0.39, 0.29) is 5.91 Å². The molecule has 0 aliphatic carbocycles. The van der Waals surface area contributed by atoms with Crippen LogP contribution in [0, 0.1) is 13.8 Å². The summed E-state index contributed by atoms with van der Waals surface area (Å²) in [6, 6.07) is 10.2. The first kappa shape index (κ1) is 14.2. The molecule has 3 aromatic rings. The van der Waals surface area contributed by atoms with Crippen molar-refractivity contribution >= 4 is 16.7 Å². The summed E-state index contributed by atoms with van der Waals surface area (Å²) in [6.07, 6.45) is 1.53. The Kier molecular flexibility index (Phi) is 3.82. The number of hydrogen-bond acceptors (Lipinski definition) is 4. The van der Waals surface area contributed by atoms with E-state index in [0.29, 0.717) is 13.1 Å². The smallest absolute Gasteiger partial charge is 0.252 e. The third-order valence-electron chi connectivity index (χ3n) is 3.63. The zero-order valence-corrected chi connectivity index (χ0v) is 12.6. The largest absolute Gasteiger partial charge is 0.350 e. The van der Waals surface area contributed by atoms with Crippen LogP contribution in [0.3, 0.4) is 0 Å². The number of benzene rings is 2. The Morgan fingerprint density at radius 3 is 2.86 bits per heavy atom. The summed E-state index contributed by atoms with van der Waals surface area (Å²) >= 11 is 0. The standard InChI is InChI=1S/C16H17N5O/c1-11-3-6-14-13(9-11)5-4-12(2)15(14)16(22)17-7-8-21-10-18-19-20-21/h3-6,9-10H,7-8H2,1-2H3,(H,17,22). The number of carbonyl (C=O) groups excluding carboxylic acids is 1. The molecule has 6 nitrogen and oxygen atoms in total. The fourth-order valence-corrected chi connectivity index (χ4v) is 2.51. The molecule has 0 aliphatic heterocycles. The number of fused-ring (bicyclic) bond motifs is 1. The second-order valence-corrected chi connectivity index (χ2v) is 5.31. The van der Waals surface area contributed by atoms with Crippen molar-refractivity contribution in [1.82, 2.24) is 25.5 Å². The molecule has 6 heteroatoms. The lowest BCUT2D eigenvalue weighted by molar-refractivity contribution is 0.0953. The summed E-state index contributed by atoms with van der Waals surface area (Å²) in [6.45, 7) is 5.02. The average Bonchev–Trinajstić information content (AvgIpc) is 3.00. The number of nitrogens with zero attached hydrogens (tertiary/aromatic N) is 4. The van der Waals surface area contributed by atoms with Crippen LogP contribution in [0.1, 0.15) is 21.5 Å². The molecule has 0 atom stereocenters. The van der Waals surface area contributed by atoms with Gasteiger partial charge in [0.25, 0.3) is 5.91 Å². The predicted octanol–water partition coefficient (Wildman–Crippen LogP) is 1.87. The first-order valence-corrected chi connectivity index (χ1v) is 7.14. The van der Waals surface area contributed by atoms with Gasteiger partial charge in [0.05, 0.1) is 12.1 Å². The first-order valence-electron chi connectivity index (χ1n) is 7.14. The number of tetrazole rings is 1. The van der Waals surface area contributed by atoms with Crippen LogP contribution in [-0.2, 0) is 6.54 Å².